The van der Waals surface area contributed by atoms with E-state index in [1.165, 1.54) is 0 Å². The van der Waals surface area contributed by atoms with Crippen LogP contribution in [0.15, 0.2) is 0 Å². The molecule has 5 heteroatoms. The van der Waals surface area contributed by atoms with Gasteiger partial charge >= 0.3 is 0 Å². The van der Waals surface area contributed by atoms with Gasteiger partial charge in [-0.25, -0.2) is 0 Å². The highest BCUT2D eigenvalue weighted by atomic mass is 16.5. The van der Waals surface area contributed by atoms with E-state index in [0.717, 1.165) is 32.3 Å². The highest BCUT2D eigenvalue weighted by Gasteiger charge is 2.35. The van der Waals surface area contributed by atoms with Gasteiger partial charge in [-0.3, -0.25) is 4.79 Å². The van der Waals surface area contributed by atoms with Gasteiger partial charge in [-0.1, -0.05) is 13.8 Å². The molecule has 1 amide bonds. The molecular weight excluding hydrogens is 268 g/mol. The van der Waals surface area contributed by atoms with Crippen molar-refractivity contribution in [1.82, 2.24) is 10.2 Å². The second kappa shape index (κ2) is 7.56. The lowest BCUT2D eigenvalue weighted by molar-refractivity contribution is -0.138. The summed E-state index contributed by atoms with van der Waals surface area (Å²) in [5, 5.41) is 3.53. The van der Waals surface area contributed by atoms with Crippen LogP contribution in [-0.4, -0.2) is 61.4 Å². The Morgan fingerprint density at radius 1 is 1.29 bits per heavy atom. The lowest BCUT2D eigenvalue weighted by Crippen LogP contribution is -2.54. The summed E-state index contributed by atoms with van der Waals surface area (Å²) in [6.07, 6.45) is 4.06. The van der Waals surface area contributed by atoms with Crippen LogP contribution in [0.3, 0.4) is 0 Å². The van der Waals surface area contributed by atoms with Crippen LogP contribution in [0.2, 0.25) is 0 Å². The van der Waals surface area contributed by atoms with E-state index in [9.17, 15) is 4.79 Å². The molecule has 2 fully saturated rings. The topological polar surface area (TPSA) is 50.8 Å². The fourth-order valence-corrected chi connectivity index (χ4v) is 3.40. The molecule has 0 aromatic rings. The van der Waals surface area contributed by atoms with Crippen molar-refractivity contribution in [2.24, 2.45) is 0 Å². The number of nitrogens with one attached hydrogen (secondary N) is 1. The number of carbonyl (C=O) groups is 1. The van der Waals surface area contributed by atoms with Crippen LogP contribution in [0, 0.1) is 0 Å². The molecule has 0 aromatic heterocycles. The zero-order valence-corrected chi connectivity index (χ0v) is 13.7. The van der Waals surface area contributed by atoms with Crippen LogP contribution in [0.25, 0.3) is 0 Å². The quantitative estimate of drug-likeness (QED) is 0.837. The molecule has 0 spiro atoms. The first-order valence-corrected chi connectivity index (χ1v) is 8.37. The summed E-state index contributed by atoms with van der Waals surface area (Å²) in [4.78, 5) is 14.4. The third kappa shape index (κ3) is 4.18. The smallest absolute Gasteiger partial charge is 0.239 e. The summed E-state index contributed by atoms with van der Waals surface area (Å²) in [5.41, 5.74) is -0.00233. The summed E-state index contributed by atoms with van der Waals surface area (Å²) in [6, 6.07) is 0.247. The third-order valence-corrected chi connectivity index (χ3v) is 4.96. The SMILES string of the molecule is CCC1(CC)CC(NC(C)C(=O)N2CCOCC2)CCO1. The number of morpholine rings is 1. The van der Waals surface area contributed by atoms with Crippen LogP contribution >= 0.6 is 0 Å². The minimum Gasteiger partial charge on any atom is -0.378 e. The van der Waals surface area contributed by atoms with Crippen molar-refractivity contribution in [3.63, 3.8) is 0 Å². The number of carbonyl (C=O) groups excluding carboxylic acids is 1. The Hall–Kier alpha value is -0.650. The Bertz CT molecular complexity index is 338. The maximum absolute atomic E-state index is 12.4. The molecule has 5 nitrogen and oxygen atoms in total. The molecule has 0 bridgehead atoms. The lowest BCUT2D eigenvalue weighted by Gasteiger charge is -2.41. The molecule has 0 saturated carbocycles. The molecule has 2 rings (SSSR count). The van der Waals surface area contributed by atoms with Crippen LogP contribution in [0.4, 0.5) is 0 Å². The van der Waals surface area contributed by atoms with E-state index in [1.54, 1.807) is 0 Å². The molecule has 2 saturated heterocycles. The van der Waals surface area contributed by atoms with Crippen molar-refractivity contribution in [1.29, 1.82) is 0 Å². The van der Waals surface area contributed by atoms with Crippen LogP contribution in [0.5, 0.6) is 0 Å². The molecule has 2 aliphatic heterocycles. The largest absolute Gasteiger partial charge is 0.378 e. The fourth-order valence-electron chi connectivity index (χ4n) is 3.40. The van der Waals surface area contributed by atoms with Crippen LogP contribution in [0.1, 0.15) is 46.5 Å². The Kier molecular flexibility index (Phi) is 6.02. The van der Waals surface area contributed by atoms with E-state index in [4.69, 9.17) is 9.47 Å². The normalized spacial score (nSPS) is 27.4. The molecule has 21 heavy (non-hydrogen) atoms. The fraction of sp³-hybridized carbons (Fsp3) is 0.938. The van der Waals surface area contributed by atoms with Gasteiger partial charge in [0.2, 0.25) is 5.91 Å². The van der Waals surface area contributed by atoms with E-state index in [2.05, 4.69) is 19.2 Å². The second-order valence-corrected chi connectivity index (χ2v) is 6.25. The Balaban J connectivity index is 1.86. The van der Waals surface area contributed by atoms with E-state index < -0.39 is 0 Å². The molecule has 2 atom stereocenters. The molecule has 122 valence electrons. The molecular formula is C16H30N2O3. The monoisotopic (exact) mass is 298 g/mol. The number of amides is 1. The number of nitrogens with zero attached hydrogens (tertiary/aromatic N) is 1. The summed E-state index contributed by atoms with van der Waals surface area (Å²) in [7, 11) is 0. The van der Waals surface area contributed by atoms with Gasteiger partial charge in [-0.05, 0) is 32.6 Å². The van der Waals surface area contributed by atoms with Crippen LogP contribution in [-0.2, 0) is 14.3 Å². The van der Waals surface area contributed by atoms with Crippen molar-refractivity contribution in [2.45, 2.75) is 64.1 Å². The number of ether oxygens (including phenoxy) is 2. The minimum atomic E-state index is -0.127. The van der Waals surface area contributed by atoms with E-state index in [1.807, 2.05) is 11.8 Å². The van der Waals surface area contributed by atoms with Gasteiger partial charge in [0.15, 0.2) is 0 Å². The molecule has 2 heterocycles. The van der Waals surface area contributed by atoms with Crippen molar-refractivity contribution in [2.75, 3.05) is 32.9 Å². The van der Waals surface area contributed by atoms with Crippen molar-refractivity contribution in [3.05, 3.63) is 0 Å². The molecule has 0 aromatic carbocycles. The van der Waals surface area contributed by atoms with E-state index in [0.29, 0.717) is 32.3 Å². The van der Waals surface area contributed by atoms with Gasteiger partial charge in [0, 0.05) is 25.7 Å². The Labute approximate surface area is 128 Å². The summed E-state index contributed by atoms with van der Waals surface area (Å²) in [6.45, 7) is 9.89. The van der Waals surface area contributed by atoms with Gasteiger partial charge in [-0.15, -0.1) is 0 Å². The van der Waals surface area contributed by atoms with E-state index in [-0.39, 0.29) is 17.6 Å². The maximum atomic E-state index is 12.4. The average Bonchev–Trinajstić information content (AvgIpc) is 2.55. The zero-order valence-electron chi connectivity index (χ0n) is 13.7. The molecule has 0 radical (unpaired) electrons. The molecule has 2 unspecified atom stereocenters. The first-order chi connectivity index (χ1) is 10.1. The first kappa shape index (κ1) is 16.7. The number of hydrogen-bond acceptors (Lipinski definition) is 4. The van der Waals surface area contributed by atoms with Gasteiger partial charge in [0.25, 0.3) is 0 Å². The lowest BCUT2D eigenvalue weighted by atomic mass is 9.85. The van der Waals surface area contributed by atoms with Crippen LogP contribution < -0.4 is 5.32 Å². The third-order valence-electron chi connectivity index (χ3n) is 4.96. The number of rotatable bonds is 5. The maximum Gasteiger partial charge on any atom is 0.239 e. The first-order valence-electron chi connectivity index (χ1n) is 8.37. The summed E-state index contributed by atoms with van der Waals surface area (Å²) < 4.78 is 11.3. The van der Waals surface area contributed by atoms with Gasteiger partial charge in [0.1, 0.15) is 0 Å². The average molecular weight is 298 g/mol. The second-order valence-electron chi connectivity index (χ2n) is 6.25. The molecule has 1 N–H and O–H groups in total. The Morgan fingerprint density at radius 3 is 2.57 bits per heavy atom. The summed E-state index contributed by atoms with van der Waals surface area (Å²) >= 11 is 0. The molecule has 0 aliphatic carbocycles. The standard InChI is InChI=1S/C16H30N2O3/c1-4-16(5-2)12-14(6-9-21-16)17-13(3)15(19)18-7-10-20-11-8-18/h13-14,17H,4-12H2,1-3H3. The van der Waals surface area contributed by atoms with Crippen molar-refractivity contribution >= 4 is 5.91 Å². The van der Waals surface area contributed by atoms with Gasteiger partial charge < -0.3 is 19.7 Å². The highest BCUT2D eigenvalue weighted by Crippen LogP contribution is 2.31. The Morgan fingerprint density at radius 2 is 1.95 bits per heavy atom. The minimum absolute atomic E-state index is 0.00233. The van der Waals surface area contributed by atoms with E-state index >= 15 is 0 Å². The zero-order chi connectivity index (χ0) is 15.3. The predicted molar refractivity (Wildman–Crippen MR) is 82.3 cm³/mol. The molecule has 2 aliphatic rings. The number of hydrogen-bond donors (Lipinski definition) is 1. The van der Waals surface area contributed by atoms with Crippen molar-refractivity contribution in [3.8, 4) is 0 Å². The van der Waals surface area contributed by atoms with Crippen molar-refractivity contribution < 1.29 is 14.3 Å². The highest BCUT2D eigenvalue weighted by molar-refractivity contribution is 5.81. The van der Waals surface area contributed by atoms with Gasteiger partial charge in [-0.2, -0.15) is 0 Å². The predicted octanol–water partition coefficient (Wildman–Crippen LogP) is 1.56. The van der Waals surface area contributed by atoms with Gasteiger partial charge in [0.05, 0.1) is 24.9 Å². The summed E-state index contributed by atoms with van der Waals surface area (Å²) in [5.74, 6) is 0.198.